The van der Waals surface area contributed by atoms with Gasteiger partial charge in [0.25, 0.3) is 0 Å². The van der Waals surface area contributed by atoms with E-state index in [2.05, 4.69) is 5.32 Å². The molecule has 3 heteroatoms. The van der Waals surface area contributed by atoms with E-state index in [0.717, 1.165) is 5.56 Å². The Bertz CT molecular complexity index is 380. The monoisotopic (exact) mass is 220 g/mol. The summed E-state index contributed by atoms with van der Waals surface area (Å²) in [6.45, 7) is 7.40. The van der Waals surface area contributed by atoms with Crippen molar-refractivity contribution in [3.63, 3.8) is 0 Å². The van der Waals surface area contributed by atoms with Gasteiger partial charge in [-0.25, -0.2) is 0 Å². The van der Waals surface area contributed by atoms with Crippen LogP contribution in [0.2, 0.25) is 0 Å². The third kappa shape index (κ3) is 3.07. The van der Waals surface area contributed by atoms with E-state index in [-0.39, 0.29) is 11.9 Å². The molecule has 0 aromatic heterocycles. The SMILES string of the molecule is Cc1ccccc1C(C)NC(=O)C(C)(C)N. The maximum atomic E-state index is 11.7. The van der Waals surface area contributed by atoms with Crippen LogP contribution in [-0.4, -0.2) is 11.4 Å². The minimum Gasteiger partial charge on any atom is -0.348 e. The van der Waals surface area contributed by atoms with Crippen molar-refractivity contribution in [1.82, 2.24) is 5.32 Å². The minimum absolute atomic E-state index is 0.0171. The van der Waals surface area contributed by atoms with Crippen molar-refractivity contribution in [3.05, 3.63) is 35.4 Å². The Hall–Kier alpha value is -1.35. The van der Waals surface area contributed by atoms with Crippen LogP contribution in [0.3, 0.4) is 0 Å². The number of carbonyl (C=O) groups excluding carboxylic acids is 1. The van der Waals surface area contributed by atoms with Crippen LogP contribution in [0.1, 0.15) is 37.9 Å². The lowest BCUT2D eigenvalue weighted by Crippen LogP contribution is -2.49. The molecule has 3 nitrogen and oxygen atoms in total. The molecule has 0 fully saturated rings. The van der Waals surface area contributed by atoms with E-state index in [1.807, 2.05) is 38.1 Å². The van der Waals surface area contributed by atoms with Gasteiger partial charge in [0.1, 0.15) is 0 Å². The van der Waals surface area contributed by atoms with Crippen LogP contribution < -0.4 is 11.1 Å². The minimum atomic E-state index is -0.836. The number of nitrogens with two attached hydrogens (primary N) is 1. The molecular formula is C13H20N2O. The number of carbonyl (C=O) groups is 1. The normalized spacial score (nSPS) is 13.3. The standard InChI is InChI=1S/C13H20N2O/c1-9-7-5-6-8-11(9)10(2)15-12(16)13(3,4)14/h5-8,10H,14H2,1-4H3,(H,15,16). The molecule has 1 amide bonds. The van der Waals surface area contributed by atoms with Crippen molar-refractivity contribution in [3.8, 4) is 0 Å². The zero-order valence-corrected chi connectivity index (χ0v) is 10.4. The van der Waals surface area contributed by atoms with Gasteiger partial charge in [-0.1, -0.05) is 24.3 Å². The molecule has 88 valence electrons. The third-order valence-electron chi connectivity index (χ3n) is 2.59. The zero-order chi connectivity index (χ0) is 12.3. The molecule has 1 aromatic carbocycles. The van der Waals surface area contributed by atoms with Gasteiger partial charge in [-0.15, -0.1) is 0 Å². The highest BCUT2D eigenvalue weighted by atomic mass is 16.2. The molecule has 3 N–H and O–H groups in total. The van der Waals surface area contributed by atoms with Gasteiger partial charge >= 0.3 is 0 Å². The van der Waals surface area contributed by atoms with Crippen LogP contribution >= 0.6 is 0 Å². The van der Waals surface area contributed by atoms with E-state index in [4.69, 9.17) is 5.73 Å². The fourth-order valence-corrected chi connectivity index (χ4v) is 1.53. The molecule has 1 rings (SSSR count). The summed E-state index contributed by atoms with van der Waals surface area (Å²) in [7, 11) is 0. The van der Waals surface area contributed by atoms with Gasteiger partial charge in [0.05, 0.1) is 11.6 Å². The first kappa shape index (κ1) is 12.7. The Kier molecular flexibility index (Phi) is 3.70. The average molecular weight is 220 g/mol. The van der Waals surface area contributed by atoms with Crippen molar-refractivity contribution < 1.29 is 4.79 Å². The van der Waals surface area contributed by atoms with Crippen molar-refractivity contribution >= 4 is 5.91 Å². The molecule has 0 saturated heterocycles. The van der Waals surface area contributed by atoms with Crippen molar-refractivity contribution in [2.24, 2.45) is 5.73 Å². The Labute approximate surface area is 97.0 Å². The summed E-state index contributed by atoms with van der Waals surface area (Å²) in [6, 6.07) is 7.99. The largest absolute Gasteiger partial charge is 0.348 e. The van der Waals surface area contributed by atoms with Crippen molar-refractivity contribution in [1.29, 1.82) is 0 Å². The molecule has 1 unspecified atom stereocenters. The highest BCUT2D eigenvalue weighted by Gasteiger charge is 2.23. The zero-order valence-electron chi connectivity index (χ0n) is 10.4. The molecular weight excluding hydrogens is 200 g/mol. The van der Waals surface area contributed by atoms with E-state index in [0.29, 0.717) is 0 Å². The van der Waals surface area contributed by atoms with Crippen LogP contribution in [0.5, 0.6) is 0 Å². The number of aryl methyl sites for hydroxylation is 1. The average Bonchev–Trinajstić information content (AvgIpc) is 2.16. The van der Waals surface area contributed by atoms with Gasteiger partial charge in [-0.3, -0.25) is 4.79 Å². The first-order chi connectivity index (χ1) is 7.32. The highest BCUT2D eigenvalue weighted by molar-refractivity contribution is 5.85. The second kappa shape index (κ2) is 4.66. The molecule has 0 aliphatic rings. The fraction of sp³-hybridized carbons (Fsp3) is 0.462. The number of nitrogens with one attached hydrogen (secondary N) is 1. The lowest BCUT2D eigenvalue weighted by Gasteiger charge is -2.23. The van der Waals surface area contributed by atoms with Crippen molar-refractivity contribution in [2.75, 3.05) is 0 Å². The third-order valence-corrected chi connectivity index (χ3v) is 2.59. The number of hydrogen-bond acceptors (Lipinski definition) is 2. The predicted molar refractivity (Wildman–Crippen MR) is 66.0 cm³/mol. The fourth-order valence-electron chi connectivity index (χ4n) is 1.53. The summed E-state index contributed by atoms with van der Waals surface area (Å²) in [5.41, 5.74) is 7.19. The number of benzene rings is 1. The molecule has 0 heterocycles. The maximum Gasteiger partial charge on any atom is 0.239 e. The molecule has 1 atom stereocenters. The summed E-state index contributed by atoms with van der Waals surface area (Å²) < 4.78 is 0. The maximum absolute atomic E-state index is 11.7. The van der Waals surface area contributed by atoms with Gasteiger partial charge in [-0.2, -0.15) is 0 Å². The molecule has 16 heavy (non-hydrogen) atoms. The van der Waals surface area contributed by atoms with Gasteiger partial charge in [0, 0.05) is 0 Å². The Morgan fingerprint density at radius 1 is 1.38 bits per heavy atom. The second-order valence-corrected chi connectivity index (χ2v) is 4.77. The lowest BCUT2D eigenvalue weighted by molar-refractivity contribution is -0.125. The smallest absolute Gasteiger partial charge is 0.239 e. The second-order valence-electron chi connectivity index (χ2n) is 4.77. The van der Waals surface area contributed by atoms with Crippen LogP contribution in [-0.2, 0) is 4.79 Å². The lowest BCUT2D eigenvalue weighted by atomic mass is 10.0. The van der Waals surface area contributed by atoms with Gasteiger partial charge in [0.15, 0.2) is 0 Å². The van der Waals surface area contributed by atoms with Crippen LogP contribution in [0.25, 0.3) is 0 Å². The molecule has 0 aliphatic heterocycles. The Morgan fingerprint density at radius 3 is 2.44 bits per heavy atom. The molecule has 0 bridgehead atoms. The first-order valence-electron chi connectivity index (χ1n) is 5.47. The van der Waals surface area contributed by atoms with E-state index < -0.39 is 5.54 Å². The summed E-state index contributed by atoms with van der Waals surface area (Å²) >= 11 is 0. The van der Waals surface area contributed by atoms with E-state index in [1.165, 1.54) is 5.56 Å². The van der Waals surface area contributed by atoms with E-state index in [1.54, 1.807) is 13.8 Å². The van der Waals surface area contributed by atoms with Gasteiger partial charge in [0.2, 0.25) is 5.91 Å². The quantitative estimate of drug-likeness (QED) is 0.817. The van der Waals surface area contributed by atoms with Gasteiger partial charge in [-0.05, 0) is 38.8 Å². The Balaban J connectivity index is 2.78. The summed E-state index contributed by atoms with van der Waals surface area (Å²) in [5.74, 6) is -0.136. The molecule has 0 spiro atoms. The summed E-state index contributed by atoms with van der Waals surface area (Å²) in [6.07, 6.45) is 0. The number of rotatable bonds is 3. The van der Waals surface area contributed by atoms with Crippen LogP contribution in [0, 0.1) is 6.92 Å². The molecule has 0 radical (unpaired) electrons. The molecule has 1 aromatic rings. The molecule has 0 saturated carbocycles. The highest BCUT2D eigenvalue weighted by Crippen LogP contribution is 2.17. The van der Waals surface area contributed by atoms with Crippen LogP contribution in [0.4, 0.5) is 0 Å². The summed E-state index contributed by atoms with van der Waals surface area (Å²) in [5, 5.41) is 2.91. The summed E-state index contributed by atoms with van der Waals surface area (Å²) in [4.78, 5) is 11.7. The topological polar surface area (TPSA) is 55.1 Å². The molecule has 0 aliphatic carbocycles. The first-order valence-corrected chi connectivity index (χ1v) is 5.47. The predicted octanol–water partition coefficient (Wildman–Crippen LogP) is 1.91. The van der Waals surface area contributed by atoms with Crippen LogP contribution in [0.15, 0.2) is 24.3 Å². The van der Waals surface area contributed by atoms with Gasteiger partial charge < -0.3 is 11.1 Å². The number of hydrogen-bond donors (Lipinski definition) is 2. The van der Waals surface area contributed by atoms with E-state index in [9.17, 15) is 4.79 Å². The van der Waals surface area contributed by atoms with Crippen molar-refractivity contribution in [2.45, 2.75) is 39.3 Å². The Morgan fingerprint density at radius 2 is 1.94 bits per heavy atom. The number of amides is 1. The van der Waals surface area contributed by atoms with E-state index >= 15 is 0 Å².